The number of piperidine rings is 1. The van der Waals surface area contributed by atoms with Crippen LogP contribution in [0.4, 0.5) is 0 Å². The summed E-state index contributed by atoms with van der Waals surface area (Å²) < 4.78 is 7.51. The summed E-state index contributed by atoms with van der Waals surface area (Å²) in [7, 11) is 1.84. The van der Waals surface area contributed by atoms with Crippen molar-refractivity contribution in [2.75, 3.05) is 20.1 Å². The molecular weight excluding hydrogens is 540 g/mol. The second kappa shape index (κ2) is 8.06. The standard InChI is InChI=1S/C28H31BrN2O4S/c1-30(24(33)7-5-20-11-18(29)15-36-20)19-12-23-27-8-9-31(14-16-2-3-16)22(28(27,34)13-19)10-17-4-6-21(32)26(35-23)25(17)27/h4-7,11,15-16,19,22-23,32,34H,2-3,8-10,12-14H2,1H3/b7-5+/t19?,22-,23?,27-,28-/m1/s1. The Labute approximate surface area is 223 Å². The minimum absolute atomic E-state index is 0.00810. The van der Waals surface area contributed by atoms with Gasteiger partial charge in [-0.3, -0.25) is 9.69 Å². The second-order valence-electron chi connectivity index (χ2n) is 11.4. The van der Waals surface area contributed by atoms with E-state index in [4.69, 9.17) is 4.74 Å². The van der Waals surface area contributed by atoms with Gasteiger partial charge in [-0.05, 0) is 84.3 Å². The zero-order valence-corrected chi connectivity index (χ0v) is 22.7. The van der Waals surface area contributed by atoms with Crippen molar-refractivity contribution in [2.45, 2.75) is 67.7 Å². The Hall–Kier alpha value is -1.87. The lowest BCUT2D eigenvalue weighted by Crippen LogP contribution is -2.77. The van der Waals surface area contributed by atoms with Gasteiger partial charge < -0.3 is 19.8 Å². The average Bonchev–Trinajstić information content (AvgIpc) is 3.46. The molecule has 3 fully saturated rings. The molecule has 8 heteroatoms. The molecule has 1 spiro atoms. The van der Waals surface area contributed by atoms with Crippen LogP contribution in [0.5, 0.6) is 11.5 Å². The lowest BCUT2D eigenvalue weighted by atomic mass is 9.48. The third kappa shape index (κ3) is 3.23. The van der Waals surface area contributed by atoms with Crippen LogP contribution in [0.25, 0.3) is 6.08 Å². The number of hydrogen-bond donors (Lipinski definition) is 2. The number of ether oxygens (including phenoxy) is 1. The monoisotopic (exact) mass is 570 g/mol. The molecule has 6 nitrogen and oxygen atoms in total. The Bertz CT molecular complexity index is 1270. The minimum Gasteiger partial charge on any atom is -0.504 e. The number of benzene rings is 1. The zero-order chi connectivity index (χ0) is 24.8. The molecule has 0 radical (unpaired) electrons. The molecular formula is C28H31BrN2O4S. The Morgan fingerprint density at radius 2 is 2.22 bits per heavy atom. The van der Waals surface area contributed by atoms with Gasteiger partial charge >= 0.3 is 0 Å². The second-order valence-corrected chi connectivity index (χ2v) is 13.3. The first-order valence-corrected chi connectivity index (χ1v) is 14.6. The molecule has 190 valence electrons. The number of thiophene rings is 1. The molecule has 1 amide bonds. The van der Waals surface area contributed by atoms with Gasteiger partial charge in [-0.1, -0.05) is 6.07 Å². The van der Waals surface area contributed by atoms with Crippen LogP contribution >= 0.6 is 27.3 Å². The van der Waals surface area contributed by atoms with Gasteiger partial charge in [0.15, 0.2) is 11.5 Å². The number of carbonyl (C=O) groups is 1. The predicted octanol–water partition coefficient (Wildman–Crippen LogP) is 4.32. The number of aromatic hydroxyl groups is 1. The molecule has 2 bridgehead atoms. The number of carbonyl (C=O) groups excluding carboxylic acids is 1. The summed E-state index contributed by atoms with van der Waals surface area (Å²) >= 11 is 5.05. The molecule has 3 heterocycles. The fourth-order valence-corrected chi connectivity index (χ4v) is 8.98. The van der Waals surface area contributed by atoms with Gasteiger partial charge in [-0.2, -0.15) is 0 Å². The van der Waals surface area contributed by atoms with Gasteiger partial charge in [0, 0.05) is 58.5 Å². The molecule has 1 aromatic carbocycles. The summed E-state index contributed by atoms with van der Waals surface area (Å²) in [5.74, 6) is 1.38. The van der Waals surface area contributed by atoms with Gasteiger partial charge in [0.05, 0.1) is 11.0 Å². The molecule has 3 aliphatic carbocycles. The Morgan fingerprint density at radius 1 is 1.39 bits per heavy atom. The van der Waals surface area contributed by atoms with E-state index in [1.165, 1.54) is 18.4 Å². The third-order valence-corrected chi connectivity index (χ3v) is 11.2. The molecule has 5 atom stereocenters. The van der Waals surface area contributed by atoms with Crippen LogP contribution < -0.4 is 4.74 Å². The van der Waals surface area contributed by atoms with Gasteiger partial charge in [-0.25, -0.2) is 0 Å². The van der Waals surface area contributed by atoms with Gasteiger partial charge in [-0.15, -0.1) is 11.3 Å². The number of rotatable bonds is 5. The highest BCUT2D eigenvalue weighted by Gasteiger charge is 2.72. The number of phenolic OH excluding ortho intramolecular Hbond substituents is 1. The lowest BCUT2D eigenvalue weighted by molar-refractivity contribution is -0.198. The molecule has 1 aromatic heterocycles. The van der Waals surface area contributed by atoms with Crippen LogP contribution in [0.3, 0.4) is 0 Å². The normalized spacial score (nSPS) is 34.5. The van der Waals surface area contributed by atoms with Crippen LogP contribution in [-0.2, 0) is 16.6 Å². The maximum absolute atomic E-state index is 13.2. The number of hydrogen-bond acceptors (Lipinski definition) is 6. The van der Waals surface area contributed by atoms with Crippen LogP contribution in [0.15, 0.2) is 34.1 Å². The minimum atomic E-state index is -1.02. The maximum atomic E-state index is 13.2. The van der Waals surface area contributed by atoms with E-state index < -0.39 is 11.0 Å². The largest absolute Gasteiger partial charge is 0.504 e. The summed E-state index contributed by atoms with van der Waals surface area (Å²) in [6.45, 7) is 1.98. The van der Waals surface area contributed by atoms with Crippen LogP contribution in [0.2, 0.25) is 0 Å². The van der Waals surface area contributed by atoms with Crippen molar-refractivity contribution < 1.29 is 19.7 Å². The van der Waals surface area contributed by atoms with Gasteiger partial charge in [0.1, 0.15) is 6.10 Å². The number of likely N-dealkylation sites (tertiary alicyclic amines) is 1. The van der Waals surface area contributed by atoms with Crippen molar-refractivity contribution in [1.82, 2.24) is 9.80 Å². The molecule has 36 heavy (non-hydrogen) atoms. The average molecular weight is 572 g/mol. The molecule has 1 saturated heterocycles. The molecule has 2 aliphatic heterocycles. The Balaban J connectivity index is 1.24. The summed E-state index contributed by atoms with van der Waals surface area (Å²) in [6, 6.07) is 5.61. The van der Waals surface area contributed by atoms with Gasteiger partial charge in [0.2, 0.25) is 5.91 Å². The number of amides is 1. The molecule has 2 unspecified atom stereocenters. The fraction of sp³-hybridized carbons (Fsp3) is 0.536. The first-order chi connectivity index (χ1) is 17.3. The quantitative estimate of drug-likeness (QED) is 0.524. The van der Waals surface area contributed by atoms with Crippen molar-refractivity contribution in [2.24, 2.45) is 5.92 Å². The van der Waals surface area contributed by atoms with E-state index >= 15 is 0 Å². The first-order valence-electron chi connectivity index (χ1n) is 13.0. The fourth-order valence-electron chi connectivity index (χ4n) is 7.64. The van der Waals surface area contributed by atoms with Crippen molar-refractivity contribution in [3.8, 4) is 11.5 Å². The molecule has 2 saturated carbocycles. The van der Waals surface area contributed by atoms with E-state index in [-0.39, 0.29) is 29.8 Å². The van der Waals surface area contributed by atoms with Crippen molar-refractivity contribution in [1.29, 1.82) is 0 Å². The van der Waals surface area contributed by atoms with Crippen molar-refractivity contribution >= 4 is 39.2 Å². The topological polar surface area (TPSA) is 73.2 Å². The van der Waals surface area contributed by atoms with Crippen LogP contribution in [0.1, 0.15) is 48.1 Å². The van der Waals surface area contributed by atoms with E-state index in [1.807, 2.05) is 30.6 Å². The number of halogens is 1. The van der Waals surface area contributed by atoms with Crippen LogP contribution in [0, 0.1) is 5.92 Å². The smallest absolute Gasteiger partial charge is 0.246 e. The Morgan fingerprint density at radius 3 is 2.97 bits per heavy atom. The molecule has 5 aliphatic rings. The van der Waals surface area contributed by atoms with E-state index in [1.54, 1.807) is 28.4 Å². The zero-order valence-electron chi connectivity index (χ0n) is 20.3. The van der Waals surface area contributed by atoms with E-state index in [9.17, 15) is 15.0 Å². The van der Waals surface area contributed by atoms with Gasteiger partial charge in [0.25, 0.3) is 0 Å². The Kier molecular flexibility index (Phi) is 5.21. The number of aliphatic hydroxyl groups is 1. The summed E-state index contributed by atoms with van der Waals surface area (Å²) in [4.78, 5) is 18.5. The van der Waals surface area contributed by atoms with Crippen molar-refractivity contribution in [3.63, 3.8) is 0 Å². The number of nitrogens with zero attached hydrogens (tertiary/aromatic N) is 2. The highest BCUT2D eigenvalue weighted by atomic mass is 79.9. The summed E-state index contributed by atoms with van der Waals surface area (Å²) in [5, 5.41) is 25.5. The highest BCUT2D eigenvalue weighted by Crippen LogP contribution is 2.65. The summed E-state index contributed by atoms with van der Waals surface area (Å²) in [6.07, 6.45) is 8.51. The summed E-state index contributed by atoms with van der Waals surface area (Å²) in [5.41, 5.74) is 0.691. The molecule has 2 aromatic rings. The molecule has 2 N–H and O–H groups in total. The molecule has 7 rings (SSSR count). The number of likely N-dealkylation sites (N-methyl/N-ethyl adjacent to an activating group) is 1. The lowest BCUT2D eigenvalue weighted by Gasteiger charge is -2.64. The highest BCUT2D eigenvalue weighted by molar-refractivity contribution is 9.10. The SMILES string of the molecule is CN(C(=O)/C=C/c1cc(Br)cs1)C1CC2Oc3c(O)ccc4c3[C@@]23CCN(CC2CC2)[C@H](C4)[C@]3(O)C1. The maximum Gasteiger partial charge on any atom is 0.246 e. The van der Waals surface area contributed by atoms with Crippen LogP contribution in [-0.4, -0.2) is 69.8 Å². The van der Waals surface area contributed by atoms with E-state index in [0.717, 1.165) is 46.8 Å². The third-order valence-electron chi connectivity index (χ3n) is 9.55. The number of phenols is 1. The van der Waals surface area contributed by atoms with Crippen molar-refractivity contribution in [3.05, 3.63) is 50.1 Å². The van der Waals surface area contributed by atoms with E-state index in [2.05, 4.69) is 20.8 Å². The van der Waals surface area contributed by atoms with E-state index in [0.29, 0.717) is 18.6 Å². The first kappa shape index (κ1) is 23.3. The predicted molar refractivity (Wildman–Crippen MR) is 142 cm³/mol.